The van der Waals surface area contributed by atoms with E-state index in [1.54, 1.807) is 30.0 Å². The van der Waals surface area contributed by atoms with Gasteiger partial charge in [0.2, 0.25) is 11.8 Å². The molecule has 0 aromatic heterocycles. The number of nitrogens with one attached hydrogen (secondary N) is 1. The van der Waals surface area contributed by atoms with Crippen molar-refractivity contribution in [1.29, 1.82) is 0 Å². The molecule has 2 amide bonds. The first-order valence-electron chi connectivity index (χ1n) is 10.1. The fourth-order valence-electron chi connectivity index (χ4n) is 2.83. The number of amides is 2. The maximum Gasteiger partial charge on any atom is 0.242 e. The highest BCUT2D eigenvalue weighted by Crippen LogP contribution is 2.25. The number of halogens is 3. The largest absolute Gasteiger partial charge is 0.352 e. The van der Waals surface area contributed by atoms with E-state index in [9.17, 15) is 9.59 Å². The Hall–Kier alpha value is -1.40. The first-order valence-corrected chi connectivity index (χ1v) is 12.4. The number of hydrogen-bond donors (Lipinski definition) is 1. The van der Waals surface area contributed by atoms with Crippen LogP contribution in [0.4, 0.5) is 0 Å². The lowest BCUT2D eigenvalue weighted by atomic mass is 10.1. The topological polar surface area (TPSA) is 49.4 Å². The second kappa shape index (κ2) is 12.6. The van der Waals surface area contributed by atoms with Crippen molar-refractivity contribution in [3.63, 3.8) is 0 Å². The third-order valence-electron chi connectivity index (χ3n) is 4.97. The van der Waals surface area contributed by atoms with E-state index in [-0.39, 0.29) is 30.2 Å². The van der Waals surface area contributed by atoms with Crippen LogP contribution in [0.5, 0.6) is 0 Å². The summed E-state index contributed by atoms with van der Waals surface area (Å²) in [5, 5.41) is 4.61. The predicted molar refractivity (Wildman–Crippen MR) is 132 cm³/mol. The molecule has 0 fully saturated rings. The maximum atomic E-state index is 13.1. The fourth-order valence-corrected chi connectivity index (χ4v) is 4.49. The van der Waals surface area contributed by atoms with Crippen molar-refractivity contribution in [3.05, 3.63) is 68.7 Å². The Morgan fingerprint density at radius 2 is 1.74 bits per heavy atom. The Bertz CT molecular complexity index is 910. The molecule has 4 nitrogen and oxygen atoms in total. The minimum absolute atomic E-state index is 0.0284. The average molecular weight is 502 g/mol. The molecular weight excluding hydrogens is 475 g/mol. The zero-order valence-electron chi connectivity index (χ0n) is 17.8. The Morgan fingerprint density at radius 1 is 1.03 bits per heavy atom. The first-order chi connectivity index (χ1) is 14.7. The zero-order chi connectivity index (χ0) is 23.0. The quantitative estimate of drug-likeness (QED) is 0.421. The van der Waals surface area contributed by atoms with Crippen molar-refractivity contribution in [2.24, 2.45) is 0 Å². The lowest BCUT2D eigenvalue weighted by Crippen LogP contribution is -2.50. The fraction of sp³-hybridized carbons (Fsp3) is 0.391. The smallest absolute Gasteiger partial charge is 0.242 e. The predicted octanol–water partition coefficient (Wildman–Crippen LogP) is 6.21. The molecule has 31 heavy (non-hydrogen) atoms. The number of thioether (sulfide) groups is 1. The van der Waals surface area contributed by atoms with Gasteiger partial charge in [0.15, 0.2) is 0 Å². The summed E-state index contributed by atoms with van der Waals surface area (Å²) < 4.78 is 0. The van der Waals surface area contributed by atoms with Gasteiger partial charge in [-0.15, -0.1) is 11.8 Å². The van der Waals surface area contributed by atoms with Crippen molar-refractivity contribution >= 4 is 58.4 Å². The van der Waals surface area contributed by atoms with Crippen molar-refractivity contribution in [2.75, 3.05) is 5.75 Å². The third-order valence-corrected chi connectivity index (χ3v) is 6.89. The summed E-state index contributed by atoms with van der Waals surface area (Å²) in [6.45, 7) is 5.89. The van der Waals surface area contributed by atoms with Crippen LogP contribution in [0, 0.1) is 0 Å². The van der Waals surface area contributed by atoms with Gasteiger partial charge in [-0.3, -0.25) is 9.59 Å². The summed E-state index contributed by atoms with van der Waals surface area (Å²) in [7, 11) is 0. The van der Waals surface area contributed by atoms with Gasteiger partial charge in [-0.05, 0) is 49.6 Å². The SMILES string of the molecule is CC[C@@H](C)NC(=O)[C@@H](C)N(Cc1ccc(Cl)cc1Cl)C(=O)CSCc1ccccc1Cl. The maximum absolute atomic E-state index is 13.1. The summed E-state index contributed by atoms with van der Waals surface area (Å²) in [6.07, 6.45) is 0.809. The third kappa shape index (κ3) is 7.90. The van der Waals surface area contributed by atoms with Gasteiger partial charge >= 0.3 is 0 Å². The Kier molecular flexibility index (Phi) is 10.5. The van der Waals surface area contributed by atoms with Crippen LogP contribution in [0.3, 0.4) is 0 Å². The van der Waals surface area contributed by atoms with Crippen molar-refractivity contribution in [2.45, 2.75) is 51.6 Å². The molecule has 1 N–H and O–H groups in total. The van der Waals surface area contributed by atoms with E-state index in [2.05, 4.69) is 5.32 Å². The lowest BCUT2D eigenvalue weighted by Gasteiger charge is -2.30. The van der Waals surface area contributed by atoms with Gasteiger partial charge in [0.25, 0.3) is 0 Å². The summed E-state index contributed by atoms with van der Waals surface area (Å²) in [4.78, 5) is 27.4. The molecule has 0 spiro atoms. The molecule has 2 rings (SSSR count). The molecule has 2 aromatic carbocycles. The molecule has 8 heteroatoms. The summed E-state index contributed by atoms with van der Waals surface area (Å²) >= 11 is 20.0. The number of carbonyl (C=O) groups is 2. The lowest BCUT2D eigenvalue weighted by molar-refractivity contribution is -0.138. The van der Waals surface area contributed by atoms with Crippen LogP contribution in [0.1, 0.15) is 38.3 Å². The minimum atomic E-state index is -0.644. The molecule has 0 radical (unpaired) electrons. The van der Waals surface area contributed by atoms with Crippen LogP contribution < -0.4 is 5.32 Å². The molecule has 0 heterocycles. The Morgan fingerprint density at radius 3 is 2.39 bits per heavy atom. The molecule has 0 unspecified atom stereocenters. The number of carbonyl (C=O) groups excluding carboxylic acids is 2. The standard InChI is InChI=1S/C23H27Cl3N2O2S/c1-4-15(2)27-23(30)16(3)28(12-17-9-10-19(24)11-21(17)26)22(29)14-31-13-18-7-5-6-8-20(18)25/h5-11,15-16H,4,12-14H2,1-3H3,(H,27,30)/t15-,16-/m1/s1. The highest BCUT2D eigenvalue weighted by molar-refractivity contribution is 7.99. The second-order valence-electron chi connectivity index (χ2n) is 7.34. The molecule has 168 valence electrons. The van der Waals surface area contributed by atoms with Gasteiger partial charge in [0.05, 0.1) is 5.75 Å². The van der Waals surface area contributed by atoms with Gasteiger partial charge in [-0.1, -0.05) is 66.0 Å². The second-order valence-corrected chi connectivity index (χ2v) is 9.57. The Labute approximate surface area is 203 Å². The van der Waals surface area contributed by atoms with Crippen LogP contribution in [-0.4, -0.2) is 34.6 Å². The highest BCUT2D eigenvalue weighted by atomic mass is 35.5. The molecule has 2 aromatic rings. The van der Waals surface area contributed by atoms with Gasteiger partial charge < -0.3 is 10.2 Å². The van der Waals surface area contributed by atoms with E-state index in [1.165, 1.54) is 11.8 Å². The van der Waals surface area contributed by atoms with E-state index in [0.29, 0.717) is 20.8 Å². The minimum Gasteiger partial charge on any atom is -0.352 e. The number of hydrogen-bond acceptors (Lipinski definition) is 3. The molecule has 0 bridgehead atoms. The summed E-state index contributed by atoms with van der Waals surface area (Å²) in [5.41, 5.74) is 1.70. The van der Waals surface area contributed by atoms with E-state index in [1.807, 2.05) is 38.1 Å². The zero-order valence-corrected chi connectivity index (χ0v) is 20.9. The molecule has 0 aliphatic heterocycles. The normalized spacial score (nSPS) is 12.8. The van der Waals surface area contributed by atoms with Gasteiger partial charge in [0.1, 0.15) is 6.04 Å². The van der Waals surface area contributed by atoms with Gasteiger partial charge in [-0.2, -0.15) is 0 Å². The summed E-state index contributed by atoms with van der Waals surface area (Å²) in [5.74, 6) is 0.491. The van der Waals surface area contributed by atoms with Crippen molar-refractivity contribution < 1.29 is 9.59 Å². The monoisotopic (exact) mass is 500 g/mol. The number of benzene rings is 2. The van der Waals surface area contributed by atoms with Crippen LogP contribution in [-0.2, 0) is 21.9 Å². The molecule has 2 atom stereocenters. The van der Waals surface area contributed by atoms with Gasteiger partial charge in [0, 0.05) is 33.4 Å². The highest BCUT2D eigenvalue weighted by Gasteiger charge is 2.27. The molecule has 0 aliphatic rings. The van der Waals surface area contributed by atoms with E-state index >= 15 is 0 Å². The first kappa shape index (κ1) is 25.9. The Balaban J connectivity index is 2.14. The average Bonchev–Trinajstić information content (AvgIpc) is 2.73. The van der Waals surface area contributed by atoms with Crippen LogP contribution >= 0.6 is 46.6 Å². The van der Waals surface area contributed by atoms with E-state index < -0.39 is 6.04 Å². The van der Waals surface area contributed by atoms with Gasteiger partial charge in [-0.25, -0.2) is 0 Å². The molecule has 0 saturated carbocycles. The van der Waals surface area contributed by atoms with E-state index in [4.69, 9.17) is 34.8 Å². The number of rotatable bonds is 10. The molecular formula is C23H27Cl3N2O2S. The molecule has 0 aliphatic carbocycles. The van der Waals surface area contributed by atoms with Crippen molar-refractivity contribution in [3.8, 4) is 0 Å². The number of nitrogens with zero attached hydrogens (tertiary/aromatic N) is 1. The van der Waals surface area contributed by atoms with Crippen LogP contribution in [0.2, 0.25) is 15.1 Å². The van der Waals surface area contributed by atoms with Crippen LogP contribution in [0.15, 0.2) is 42.5 Å². The van der Waals surface area contributed by atoms with Crippen LogP contribution in [0.25, 0.3) is 0 Å². The van der Waals surface area contributed by atoms with Crippen molar-refractivity contribution in [1.82, 2.24) is 10.2 Å². The molecule has 0 saturated heterocycles. The van der Waals surface area contributed by atoms with E-state index in [0.717, 1.165) is 17.5 Å². The summed E-state index contributed by atoms with van der Waals surface area (Å²) in [6, 6.07) is 12.1.